The fraction of sp³-hybridized carbons (Fsp3) is 0.286. The highest BCUT2D eigenvalue weighted by molar-refractivity contribution is 5.89. The smallest absolute Gasteiger partial charge is 0.322 e. The van der Waals surface area contributed by atoms with Gasteiger partial charge in [0.1, 0.15) is 6.04 Å². The molecule has 2 aromatic carbocycles. The number of likely N-dealkylation sites (tertiary alicyclic amines) is 1. The second-order valence-electron chi connectivity index (χ2n) is 6.82. The number of aromatic nitrogens is 2. The number of rotatable bonds is 3. The third kappa shape index (κ3) is 3.84. The second kappa shape index (κ2) is 7.61. The zero-order valence-corrected chi connectivity index (χ0v) is 15.3. The molecule has 3 aromatic rings. The molecule has 1 aliphatic heterocycles. The van der Waals surface area contributed by atoms with E-state index in [1.54, 1.807) is 4.90 Å². The third-order valence-corrected chi connectivity index (χ3v) is 4.83. The molecule has 4 rings (SSSR count). The Labute approximate surface area is 158 Å². The van der Waals surface area contributed by atoms with Crippen LogP contribution in [0.2, 0.25) is 0 Å². The summed E-state index contributed by atoms with van der Waals surface area (Å²) in [6, 6.07) is 17.1. The molecule has 6 heteroatoms. The molecule has 1 N–H and O–H groups in total. The Morgan fingerprint density at radius 1 is 1.11 bits per heavy atom. The number of benzene rings is 2. The van der Waals surface area contributed by atoms with Crippen molar-refractivity contribution in [1.29, 1.82) is 0 Å². The highest BCUT2D eigenvalue weighted by Crippen LogP contribution is 2.31. The summed E-state index contributed by atoms with van der Waals surface area (Å²) in [4.78, 5) is 19.2. The van der Waals surface area contributed by atoms with Crippen molar-refractivity contribution >= 4 is 11.7 Å². The van der Waals surface area contributed by atoms with Crippen LogP contribution in [0.4, 0.5) is 10.5 Å². The zero-order valence-electron chi connectivity index (χ0n) is 15.3. The maximum absolute atomic E-state index is 12.8. The Balaban J connectivity index is 1.53. The summed E-state index contributed by atoms with van der Waals surface area (Å²) in [5.41, 5.74) is 2.84. The van der Waals surface area contributed by atoms with E-state index in [9.17, 15) is 4.79 Å². The fourth-order valence-electron chi connectivity index (χ4n) is 3.34. The molecule has 0 aliphatic carbocycles. The number of urea groups is 1. The van der Waals surface area contributed by atoms with Gasteiger partial charge < -0.3 is 14.7 Å². The predicted octanol–water partition coefficient (Wildman–Crippen LogP) is 4.80. The molecule has 1 aliphatic rings. The van der Waals surface area contributed by atoms with Crippen LogP contribution >= 0.6 is 0 Å². The lowest BCUT2D eigenvalue weighted by molar-refractivity contribution is 0.142. The quantitative estimate of drug-likeness (QED) is 0.726. The number of hydrogen-bond donors (Lipinski definition) is 1. The lowest BCUT2D eigenvalue weighted by Crippen LogP contribution is -2.41. The van der Waals surface area contributed by atoms with E-state index in [1.165, 1.54) is 0 Å². The van der Waals surface area contributed by atoms with Gasteiger partial charge in [-0.1, -0.05) is 53.2 Å². The van der Waals surface area contributed by atoms with Gasteiger partial charge in [0.2, 0.25) is 11.7 Å². The first-order valence-corrected chi connectivity index (χ1v) is 9.24. The monoisotopic (exact) mass is 362 g/mol. The lowest BCUT2D eigenvalue weighted by Gasteiger charge is -2.33. The molecule has 6 nitrogen and oxygen atoms in total. The summed E-state index contributed by atoms with van der Waals surface area (Å²) in [5.74, 6) is 1.04. The highest BCUT2D eigenvalue weighted by atomic mass is 16.5. The lowest BCUT2D eigenvalue weighted by atomic mass is 10.0. The maximum Gasteiger partial charge on any atom is 0.322 e. The number of carbonyl (C=O) groups excluding carboxylic acids is 1. The van der Waals surface area contributed by atoms with Gasteiger partial charge in [0, 0.05) is 17.8 Å². The van der Waals surface area contributed by atoms with E-state index in [-0.39, 0.29) is 12.1 Å². The van der Waals surface area contributed by atoms with Crippen molar-refractivity contribution < 1.29 is 9.32 Å². The number of piperidine rings is 1. The largest absolute Gasteiger partial charge is 0.337 e. The summed E-state index contributed by atoms with van der Waals surface area (Å²) in [6.07, 6.45) is 2.82. The Morgan fingerprint density at radius 3 is 2.67 bits per heavy atom. The standard InChI is InChI=1S/C21H22N4O2/c1-15-10-12-17(13-11-15)22-21(26)25-14-6-5-9-18(25)20-23-19(24-27-20)16-7-3-2-4-8-16/h2-4,7-8,10-13,18H,5-6,9,14H2,1H3,(H,22,26)/t18-/m1/s1. The first kappa shape index (κ1) is 17.3. The number of carbonyl (C=O) groups is 1. The molecule has 0 spiro atoms. The van der Waals surface area contributed by atoms with Gasteiger partial charge in [-0.15, -0.1) is 0 Å². The first-order chi connectivity index (χ1) is 13.2. The number of anilines is 1. The van der Waals surface area contributed by atoms with E-state index < -0.39 is 0 Å². The van der Waals surface area contributed by atoms with Crippen LogP contribution in [0.15, 0.2) is 59.1 Å². The molecule has 1 aromatic heterocycles. The Morgan fingerprint density at radius 2 is 1.89 bits per heavy atom. The van der Waals surface area contributed by atoms with Crippen LogP contribution in [0.5, 0.6) is 0 Å². The normalized spacial score (nSPS) is 16.9. The number of nitrogens with zero attached hydrogens (tertiary/aromatic N) is 3. The van der Waals surface area contributed by atoms with E-state index in [1.807, 2.05) is 61.5 Å². The number of hydrogen-bond acceptors (Lipinski definition) is 4. The molecule has 2 amide bonds. The highest BCUT2D eigenvalue weighted by Gasteiger charge is 2.32. The van der Waals surface area contributed by atoms with Gasteiger partial charge in [0.05, 0.1) is 0 Å². The van der Waals surface area contributed by atoms with Crippen molar-refractivity contribution in [1.82, 2.24) is 15.0 Å². The molecule has 1 fully saturated rings. The van der Waals surface area contributed by atoms with Crippen LogP contribution < -0.4 is 5.32 Å². The minimum Gasteiger partial charge on any atom is -0.337 e. The SMILES string of the molecule is Cc1ccc(NC(=O)N2CCCC[C@@H]2c2nc(-c3ccccc3)no2)cc1. The molecule has 0 unspecified atom stereocenters. The molecule has 0 saturated carbocycles. The van der Waals surface area contributed by atoms with Crippen LogP contribution in [0.25, 0.3) is 11.4 Å². The van der Waals surface area contributed by atoms with Crippen LogP contribution in [0.1, 0.15) is 36.8 Å². The van der Waals surface area contributed by atoms with E-state index in [4.69, 9.17) is 4.52 Å². The minimum absolute atomic E-state index is 0.136. The van der Waals surface area contributed by atoms with E-state index in [2.05, 4.69) is 15.5 Å². The second-order valence-corrected chi connectivity index (χ2v) is 6.82. The van der Waals surface area contributed by atoms with Gasteiger partial charge in [-0.3, -0.25) is 0 Å². The summed E-state index contributed by atoms with van der Waals surface area (Å²) >= 11 is 0. The Hall–Kier alpha value is -3.15. The topological polar surface area (TPSA) is 71.3 Å². The van der Waals surface area contributed by atoms with Crippen LogP contribution in [0.3, 0.4) is 0 Å². The molecule has 1 saturated heterocycles. The van der Waals surface area contributed by atoms with Crippen molar-refractivity contribution in [3.05, 3.63) is 66.1 Å². The molecule has 0 radical (unpaired) electrons. The number of aryl methyl sites for hydroxylation is 1. The summed E-state index contributed by atoms with van der Waals surface area (Å²) < 4.78 is 5.52. The van der Waals surface area contributed by atoms with Gasteiger partial charge in [-0.25, -0.2) is 4.79 Å². The van der Waals surface area contributed by atoms with E-state index >= 15 is 0 Å². The van der Waals surface area contributed by atoms with Crippen molar-refractivity contribution in [2.45, 2.75) is 32.2 Å². The van der Waals surface area contributed by atoms with Gasteiger partial charge in [-0.05, 0) is 38.3 Å². The van der Waals surface area contributed by atoms with Gasteiger partial charge in [-0.2, -0.15) is 4.98 Å². The summed E-state index contributed by atoms with van der Waals surface area (Å²) in [7, 11) is 0. The van der Waals surface area contributed by atoms with Gasteiger partial charge in [0.15, 0.2) is 0 Å². The van der Waals surface area contributed by atoms with Crippen LogP contribution in [-0.2, 0) is 0 Å². The molecular weight excluding hydrogens is 340 g/mol. The summed E-state index contributed by atoms with van der Waals surface area (Å²) in [5, 5.41) is 7.08. The molecule has 138 valence electrons. The fourth-order valence-corrected chi connectivity index (χ4v) is 3.34. The molecule has 1 atom stereocenters. The average Bonchev–Trinajstić information content (AvgIpc) is 3.20. The van der Waals surface area contributed by atoms with Crippen LogP contribution in [0, 0.1) is 6.92 Å². The predicted molar refractivity (Wildman–Crippen MR) is 103 cm³/mol. The molecule has 2 heterocycles. The van der Waals surface area contributed by atoms with Gasteiger partial charge in [0.25, 0.3) is 0 Å². The van der Waals surface area contributed by atoms with E-state index in [0.29, 0.717) is 18.3 Å². The van der Waals surface area contributed by atoms with Crippen molar-refractivity contribution in [2.24, 2.45) is 0 Å². The number of nitrogens with one attached hydrogen (secondary N) is 1. The Bertz CT molecular complexity index is 905. The summed E-state index contributed by atoms with van der Waals surface area (Å²) in [6.45, 7) is 2.69. The molecular formula is C21H22N4O2. The zero-order chi connectivity index (χ0) is 18.6. The Kier molecular flexibility index (Phi) is 4.87. The van der Waals surface area contributed by atoms with Crippen LogP contribution in [-0.4, -0.2) is 27.6 Å². The van der Waals surface area contributed by atoms with Crippen molar-refractivity contribution in [2.75, 3.05) is 11.9 Å². The number of amides is 2. The van der Waals surface area contributed by atoms with E-state index in [0.717, 1.165) is 36.1 Å². The maximum atomic E-state index is 12.8. The minimum atomic E-state index is -0.200. The third-order valence-electron chi connectivity index (χ3n) is 4.83. The van der Waals surface area contributed by atoms with Crippen molar-refractivity contribution in [3.8, 4) is 11.4 Å². The molecule has 0 bridgehead atoms. The van der Waals surface area contributed by atoms with Crippen molar-refractivity contribution in [3.63, 3.8) is 0 Å². The first-order valence-electron chi connectivity index (χ1n) is 9.24. The average molecular weight is 362 g/mol. The molecule has 27 heavy (non-hydrogen) atoms. The van der Waals surface area contributed by atoms with Gasteiger partial charge >= 0.3 is 6.03 Å².